The number of anilines is 2. The van der Waals surface area contributed by atoms with Crippen molar-refractivity contribution in [1.82, 2.24) is 20.0 Å². The van der Waals surface area contributed by atoms with Crippen LogP contribution in [-0.2, 0) is 17.5 Å². The van der Waals surface area contributed by atoms with Crippen LogP contribution in [0.4, 0.5) is 33.3 Å². The zero-order valence-electron chi connectivity index (χ0n) is 21.4. The molecule has 0 radical (unpaired) electrons. The van der Waals surface area contributed by atoms with Crippen LogP contribution in [0.1, 0.15) is 28.4 Å². The number of carboxylic acids is 1. The van der Waals surface area contributed by atoms with Gasteiger partial charge in [0.1, 0.15) is 11.4 Å². The number of nitrogens with zero attached hydrogens (tertiary/aromatic N) is 5. The fourth-order valence-electron chi connectivity index (χ4n) is 4.05. The molecule has 0 unspecified atom stereocenters. The van der Waals surface area contributed by atoms with Crippen molar-refractivity contribution in [3.05, 3.63) is 87.8 Å². The van der Waals surface area contributed by atoms with E-state index in [1.165, 1.54) is 36.5 Å². The van der Waals surface area contributed by atoms with Gasteiger partial charge in [-0.25, -0.2) is 18.6 Å². The van der Waals surface area contributed by atoms with Gasteiger partial charge in [-0.3, -0.25) is 0 Å². The van der Waals surface area contributed by atoms with Crippen molar-refractivity contribution >= 4 is 33.3 Å². The van der Waals surface area contributed by atoms with E-state index in [1.54, 1.807) is 6.92 Å². The SMILES string of the molecule is COC[C@@H](C)N(c1ccc(Br)cc1F)c1cc(F)c(Oc2ncc(Cn3nccn3)cc2C(F)(F)F)cc1C(=O)O. The molecule has 0 spiro atoms. The molecular formula is C26H21BrF5N5O4. The molecule has 0 aliphatic rings. The topological polar surface area (TPSA) is 103 Å². The van der Waals surface area contributed by atoms with Gasteiger partial charge in [0.15, 0.2) is 11.6 Å². The summed E-state index contributed by atoms with van der Waals surface area (Å²) in [7, 11) is 1.38. The predicted octanol–water partition coefficient (Wildman–Crippen LogP) is 6.44. The van der Waals surface area contributed by atoms with Crippen LogP contribution in [0.2, 0.25) is 0 Å². The summed E-state index contributed by atoms with van der Waals surface area (Å²) >= 11 is 3.15. The lowest BCUT2D eigenvalue weighted by Gasteiger charge is -2.32. The number of hydrogen-bond acceptors (Lipinski definition) is 7. The number of carbonyl (C=O) groups is 1. The Morgan fingerprint density at radius 1 is 1.10 bits per heavy atom. The van der Waals surface area contributed by atoms with E-state index >= 15 is 4.39 Å². The van der Waals surface area contributed by atoms with Gasteiger partial charge >= 0.3 is 12.1 Å². The molecule has 0 fully saturated rings. The van der Waals surface area contributed by atoms with Crippen LogP contribution in [0.15, 0.2) is 59.5 Å². The Labute approximate surface area is 238 Å². The third-order valence-electron chi connectivity index (χ3n) is 5.77. The standard InChI is InChI=1S/C26H21BrF5N5O4/c1-14(13-40-2)37(21-4-3-16(27)8-19(21)28)22-10-20(29)23(9-17(22)25(38)39)41-24-18(26(30,31)32)7-15(11-33-24)12-36-34-5-6-35-36/h3-11,14H,12-13H2,1-2H3,(H,38,39)/t14-/m1/s1. The molecule has 2 aromatic carbocycles. The fraction of sp³-hybridized carbons (Fsp3) is 0.231. The third-order valence-corrected chi connectivity index (χ3v) is 6.26. The Morgan fingerprint density at radius 2 is 1.80 bits per heavy atom. The first kappa shape index (κ1) is 29.9. The molecule has 2 aromatic heterocycles. The summed E-state index contributed by atoms with van der Waals surface area (Å²) in [6, 6.07) is 5.54. The largest absolute Gasteiger partial charge is 0.478 e. The van der Waals surface area contributed by atoms with Crippen molar-refractivity contribution in [3.8, 4) is 11.6 Å². The molecule has 0 aliphatic heterocycles. The number of hydrogen-bond donors (Lipinski definition) is 1. The zero-order chi connectivity index (χ0) is 29.9. The van der Waals surface area contributed by atoms with Gasteiger partial charge in [-0.2, -0.15) is 28.2 Å². The van der Waals surface area contributed by atoms with E-state index in [2.05, 4.69) is 31.1 Å². The average Bonchev–Trinajstić information content (AvgIpc) is 3.40. The van der Waals surface area contributed by atoms with Gasteiger partial charge in [0, 0.05) is 29.9 Å². The van der Waals surface area contributed by atoms with E-state index in [0.29, 0.717) is 4.47 Å². The first-order chi connectivity index (χ1) is 19.4. The molecule has 0 amide bonds. The second-order valence-electron chi connectivity index (χ2n) is 8.73. The third kappa shape index (κ3) is 6.79. The Morgan fingerprint density at radius 3 is 2.41 bits per heavy atom. The van der Waals surface area contributed by atoms with Gasteiger partial charge < -0.3 is 19.5 Å². The lowest BCUT2D eigenvalue weighted by Crippen LogP contribution is -2.34. The first-order valence-electron chi connectivity index (χ1n) is 11.8. The number of ether oxygens (including phenoxy) is 2. The number of rotatable bonds is 10. The highest BCUT2D eigenvalue weighted by Crippen LogP contribution is 2.41. The smallest absolute Gasteiger partial charge is 0.421 e. The van der Waals surface area contributed by atoms with E-state index in [1.807, 2.05) is 0 Å². The van der Waals surface area contributed by atoms with Crippen LogP contribution in [0, 0.1) is 11.6 Å². The highest BCUT2D eigenvalue weighted by atomic mass is 79.9. The van der Waals surface area contributed by atoms with Gasteiger partial charge in [0.25, 0.3) is 0 Å². The van der Waals surface area contributed by atoms with Crippen molar-refractivity contribution in [3.63, 3.8) is 0 Å². The maximum absolute atomic E-state index is 15.4. The minimum absolute atomic E-state index is 0.00625. The molecule has 0 bridgehead atoms. The maximum Gasteiger partial charge on any atom is 0.421 e. The van der Waals surface area contributed by atoms with Crippen molar-refractivity contribution < 1.29 is 41.3 Å². The molecule has 2 heterocycles. The number of halogens is 6. The molecular weight excluding hydrogens is 621 g/mol. The van der Waals surface area contributed by atoms with Crippen molar-refractivity contribution in [2.24, 2.45) is 0 Å². The van der Waals surface area contributed by atoms with Crippen LogP contribution in [0.25, 0.3) is 0 Å². The van der Waals surface area contributed by atoms with E-state index in [9.17, 15) is 27.5 Å². The normalized spacial score (nSPS) is 12.3. The van der Waals surface area contributed by atoms with E-state index < -0.39 is 52.6 Å². The number of pyridine rings is 1. The molecule has 4 aromatic rings. The molecule has 216 valence electrons. The Hall–Kier alpha value is -4.11. The summed E-state index contributed by atoms with van der Waals surface area (Å²) in [6.45, 7) is 1.46. The van der Waals surface area contributed by atoms with Crippen LogP contribution >= 0.6 is 15.9 Å². The Bertz CT molecular complexity index is 1550. The first-order valence-corrected chi connectivity index (χ1v) is 12.6. The lowest BCUT2D eigenvalue weighted by atomic mass is 10.1. The molecule has 0 saturated carbocycles. The van der Waals surface area contributed by atoms with Crippen LogP contribution in [0.5, 0.6) is 11.6 Å². The van der Waals surface area contributed by atoms with Crippen LogP contribution < -0.4 is 9.64 Å². The molecule has 9 nitrogen and oxygen atoms in total. The van der Waals surface area contributed by atoms with Crippen molar-refractivity contribution in [1.29, 1.82) is 0 Å². The van der Waals surface area contributed by atoms with Crippen molar-refractivity contribution in [2.45, 2.75) is 25.7 Å². The van der Waals surface area contributed by atoms with E-state index in [4.69, 9.17) is 9.47 Å². The summed E-state index contributed by atoms with van der Waals surface area (Å²) in [5.74, 6) is -5.36. The highest BCUT2D eigenvalue weighted by Gasteiger charge is 2.36. The van der Waals surface area contributed by atoms with Gasteiger partial charge in [0.05, 0.1) is 48.5 Å². The zero-order valence-corrected chi connectivity index (χ0v) is 22.9. The van der Waals surface area contributed by atoms with E-state index in [0.717, 1.165) is 35.3 Å². The molecule has 1 atom stereocenters. The molecule has 41 heavy (non-hydrogen) atoms. The van der Waals surface area contributed by atoms with Gasteiger partial charge in [0.2, 0.25) is 5.88 Å². The number of aromatic carboxylic acids is 1. The Kier molecular flexibility index (Phi) is 8.87. The van der Waals surface area contributed by atoms with Gasteiger partial charge in [-0.15, -0.1) is 0 Å². The fourth-order valence-corrected chi connectivity index (χ4v) is 4.38. The summed E-state index contributed by atoms with van der Waals surface area (Å²) in [4.78, 5) is 18.3. The number of benzene rings is 2. The highest BCUT2D eigenvalue weighted by molar-refractivity contribution is 9.10. The van der Waals surface area contributed by atoms with Gasteiger partial charge in [-0.1, -0.05) is 15.9 Å². The summed E-state index contributed by atoms with van der Waals surface area (Å²) in [5, 5.41) is 17.6. The number of aromatic nitrogens is 4. The molecule has 4 rings (SSSR count). The predicted molar refractivity (Wildman–Crippen MR) is 139 cm³/mol. The lowest BCUT2D eigenvalue weighted by molar-refractivity contribution is -0.139. The molecule has 1 N–H and O–H groups in total. The summed E-state index contributed by atoms with van der Waals surface area (Å²) in [5.41, 5.74) is -2.17. The summed E-state index contributed by atoms with van der Waals surface area (Å²) in [6.07, 6.45) is -1.18. The van der Waals surface area contributed by atoms with Crippen LogP contribution in [0.3, 0.4) is 0 Å². The Balaban J connectivity index is 1.79. The minimum atomic E-state index is -4.95. The maximum atomic E-state index is 15.4. The van der Waals surface area contributed by atoms with Crippen LogP contribution in [-0.4, -0.2) is 50.8 Å². The molecule has 0 saturated heterocycles. The number of methoxy groups -OCH3 is 1. The van der Waals surface area contributed by atoms with Crippen molar-refractivity contribution in [2.75, 3.05) is 18.6 Å². The second kappa shape index (κ2) is 12.2. The van der Waals surface area contributed by atoms with Gasteiger partial charge in [-0.05, 0) is 36.8 Å². The van der Waals surface area contributed by atoms with E-state index in [-0.39, 0.29) is 30.1 Å². The monoisotopic (exact) mass is 641 g/mol. The average molecular weight is 642 g/mol. The quantitative estimate of drug-likeness (QED) is 0.197. The summed E-state index contributed by atoms with van der Waals surface area (Å²) < 4.78 is 82.9. The molecule has 15 heteroatoms. The number of alkyl halides is 3. The second-order valence-corrected chi connectivity index (χ2v) is 9.65. The minimum Gasteiger partial charge on any atom is -0.478 e. The molecule has 0 aliphatic carbocycles. The number of carboxylic acid groups (broad SMARTS) is 1.